The monoisotopic (exact) mass is 1980 g/mol. The van der Waals surface area contributed by atoms with Crippen LogP contribution in [-0.4, -0.2) is 215 Å². The van der Waals surface area contributed by atoms with Crippen molar-refractivity contribution in [3.05, 3.63) is 167 Å². The maximum atomic E-state index is 14.4. The molecule has 0 bridgehead atoms. The number of anilines is 8. The molecule has 4 aromatic carbocycles. The Labute approximate surface area is 834 Å². The number of aliphatic carboxylic acids is 4. The highest BCUT2D eigenvalue weighted by atomic mass is 35.5. The number of methoxy groups -OCH3 is 1. The number of halogens is 4. The zero-order valence-electron chi connectivity index (χ0n) is 82.6. The lowest BCUT2D eigenvalue weighted by Crippen LogP contribution is -2.44. The van der Waals surface area contributed by atoms with Gasteiger partial charge in [0.1, 0.15) is 47.4 Å². The number of carboxylic acids is 4. The summed E-state index contributed by atoms with van der Waals surface area (Å²) in [5, 5.41) is 65.0. The van der Waals surface area contributed by atoms with Gasteiger partial charge in [-0.05, 0) is 152 Å². The van der Waals surface area contributed by atoms with E-state index in [1.165, 1.54) is 6.20 Å². The number of rotatable bonds is 32. The van der Waals surface area contributed by atoms with E-state index in [0.717, 1.165) is 157 Å². The lowest BCUT2D eigenvalue weighted by Gasteiger charge is -2.38. The fourth-order valence-corrected chi connectivity index (χ4v) is 20.1. The number of hydrogen-bond acceptors (Lipinski definition) is 28. The molecule has 0 radical (unpaired) electrons. The molecule has 16 unspecified atom stereocenters. The van der Waals surface area contributed by atoms with Crippen molar-refractivity contribution >= 4 is 127 Å². The summed E-state index contributed by atoms with van der Waals surface area (Å²) in [7, 11) is 1.60. The maximum absolute atomic E-state index is 14.4. The quantitative estimate of drug-likeness (QED) is 0.0304. The lowest BCUT2D eigenvalue weighted by atomic mass is 9.91. The van der Waals surface area contributed by atoms with Crippen LogP contribution < -0.4 is 77.5 Å². The summed E-state index contributed by atoms with van der Waals surface area (Å²) in [4.78, 5) is 70.9. The molecule has 0 amide bonds. The summed E-state index contributed by atoms with van der Waals surface area (Å²) in [5.74, 6) is 3.05. The van der Waals surface area contributed by atoms with Gasteiger partial charge in [-0.1, -0.05) is 90.2 Å². The van der Waals surface area contributed by atoms with Crippen LogP contribution in [0.15, 0.2) is 167 Å². The summed E-state index contributed by atoms with van der Waals surface area (Å²) in [6.07, 6.45) is 10.7. The van der Waals surface area contributed by atoms with Gasteiger partial charge in [-0.25, -0.2) is 24.3 Å². The number of carboxylic acid groups (broad SMARTS) is 4. The van der Waals surface area contributed by atoms with Crippen molar-refractivity contribution in [2.45, 2.75) is 210 Å². The molecule has 0 spiro atoms. The second-order valence-corrected chi connectivity index (χ2v) is 38.5. The summed E-state index contributed by atoms with van der Waals surface area (Å²) in [6, 6.07) is 37.6. The number of ether oxygens (including phenoxy) is 8. The molecule has 0 saturated carbocycles. The molecule has 0 aliphatic carbocycles. The molecular formula is C104H132Cl3FN16O16. The Morgan fingerprint density at radius 1 is 0.364 bits per heavy atom. The van der Waals surface area contributed by atoms with Crippen molar-refractivity contribution in [2.75, 3.05) is 119 Å². The lowest BCUT2D eigenvalue weighted by molar-refractivity contribution is -0.138. The summed E-state index contributed by atoms with van der Waals surface area (Å²) >= 11 is 19.3. The fourth-order valence-electron chi connectivity index (χ4n) is 19.4. The van der Waals surface area contributed by atoms with Crippen molar-refractivity contribution in [3.63, 3.8) is 0 Å². The van der Waals surface area contributed by atoms with Gasteiger partial charge >= 0.3 is 23.9 Å². The standard InChI is InChI=1S/C27H35ClN4O4.C26H33ClN4O4.C26H33FN4O4.C25H31ClN4O4/c1-5-21-18(4)30-32(23(21)14-27(33)34)19-7-9-20(10-8-19)36-25-11-12-31(16-17(25)3)24-13-26(35-6-2)29-15-22(24)28;2*1-5-34-25-12-23(21(27)14-28-25)30-11-10-24(16(2)15-30)35-20-8-6-19(7-9-20)31-22(13-26(32)33)17(3)18(4)29-31;1-15-14-29(22-11-24(33-4)27-13-20(22)26)10-9-23(15)34-19-7-5-18(6-8-19)30-21(12-25(31)32)16(2)17(3)28-30/h7-10,13,15,17,21,23,25H,5-6,11-12,14,16H2,1-4H3,(H,33,34);2*6-9,12,14,16-17,22,24H,5,10-11,13,15H2,1-4H3,(H,32,33);5-8,11,13,15-16,21,23H,9-10,12,14H2,1-4H3,(H,31,32). The van der Waals surface area contributed by atoms with Crippen LogP contribution in [0, 0.1) is 53.2 Å². The third kappa shape index (κ3) is 26.3. The first-order valence-electron chi connectivity index (χ1n) is 48.5. The Morgan fingerprint density at radius 3 is 0.886 bits per heavy atom. The minimum absolute atomic E-state index is 0.000179. The van der Waals surface area contributed by atoms with Gasteiger partial charge < -0.3 is 77.9 Å². The minimum atomic E-state index is -0.835. The van der Waals surface area contributed by atoms with Crippen LogP contribution in [0.25, 0.3) is 0 Å². The zero-order chi connectivity index (χ0) is 100. The second-order valence-electron chi connectivity index (χ2n) is 37.2. The Morgan fingerprint density at radius 2 is 0.614 bits per heavy atom. The molecule has 12 heterocycles. The normalized spacial score (nSPS) is 24.3. The number of hydrazone groups is 4. The predicted molar refractivity (Wildman–Crippen MR) is 547 cm³/mol. The number of nitrogens with zero attached hydrogens (tertiary/aromatic N) is 16. The molecule has 16 rings (SSSR count). The molecule has 140 heavy (non-hydrogen) atoms. The van der Waals surface area contributed by atoms with Crippen LogP contribution in [0.2, 0.25) is 15.1 Å². The number of carbonyl (C=O) groups is 4. The van der Waals surface area contributed by atoms with Gasteiger partial charge in [0.2, 0.25) is 23.5 Å². The average Bonchev–Trinajstić information content (AvgIpc) is 1.52. The van der Waals surface area contributed by atoms with Crippen molar-refractivity contribution in [1.82, 2.24) is 19.9 Å². The van der Waals surface area contributed by atoms with Gasteiger partial charge in [-0.15, -0.1) is 0 Å². The summed E-state index contributed by atoms with van der Waals surface area (Å²) < 4.78 is 61.6. The Kier molecular flexibility index (Phi) is 36.1. The molecule has 16 atom stereocenters. The minimum Gasteiger partial charge on any atom is -0.490 e. The third-order valence-electron chi connectivity index (χ3n) is 27.6. The van der Waals surface area contributed by atoms with Crippen LogP contribution >= 0.6 is 34.8 Å². The molecule has 8 aromatic rings. The van der Waals surface area contributed by atoms with E-state index in [2.05, 4.69) is 89.7 Å². The van der Waals surface area contributed by atoms with Gasteiger partial charge in [0, 0.05) is 172 Å². The molecule has 4 aromatic heterocycles. The van der Waals surface area contributed by atoms with Crippen molar-refractivity contribution in [1.29, 1.82) is 0 Å². The van der Waals surface area contributed by atoms with Crippen molar-refractivity contribution in [2.24, 2.45) is 67.7 Å². The van der Waals surface area contributed by atoms with E-state index >= 15 is 0 Å². The molecule has 4 fully saturated rings. The van der Waals surface area contributed by atoms with E-state index in [1.54, 1.807) is 36.8 Å². The van der Waals surface area contributed by atoms with E-state index < -0.39 is 23.9 Å². The van der Waals surface area contributed by atoms with Gasteiger partial charge in [0.15, 0.2) is 5.82 Å². The number of pyridine rings is 4. The molecule has 752 valence electrons. The molecule has 8 aliphatic heterocycles. The average molecular weight is 1990 g/mol. The Hall–Kier alpha value is -12.4. The molecule has 8 aliphatic rings. The van der Waals surface area contributed by atoms with Gasteiger partial charge in [0.25, 0.3) is 0 Å². The van der Waals surface area contributed by atoms with E-state index in [1.807, 2.05) is 204 Å². The molecule has 4 saturated heterocycles. The first-order valence-corrected chi connectivity index (χ1v) is 49.6. The Balaban J connectivity index is 0.000000157. The second kappa shape index (κ2) is 48.2. The van der Waals surface area contributed by atoms with E-state index in [4.69, 9.17) is 72.7 Å². The molecule has 32 nitrogen and oxygen atoms in total. The first-order chi connectivity index (χ1) is 67.1. The van der Waals surface area contributed by atoms with Crippen LogP contribution in [-0.2, 0) is 19.2 Å². The van der Waals surface area contributed by atoms with Crippen LogP contribution in [0.5, 0.6) is 46.5 Å². The number of aromatic nitrogens is 4. The van der Waals surface area contributed by atoms with Crippen LogP contribution in [0.4, 0.5) is 49.9 Å². The largest absolute Gasteiger partial charge is 0.490 e. The Bertz CT molecular complexity index is 5510. The van der Waals surface area contributed by atoms with Crippen molar-refractivity contribution < 1.29 is 81.9 Å². The molecule has 4 N–H and O–H groups in total. The van der Waals surface area contributed by atoms with E-state index in [9.17, 15) is 44.0 Å². The first kappa shape index (κ1) is 105. The number of benzene rings is 4. The van der Waals surface area contributed by atoms with Crippen LogP contribution in [0.1, 0.15) is 162 Å². The molecule has 36 heteroatoms. The zero-order valence-corrected chi connectivity index (χ0v) is 84.9. The number of hydrogen-bond donors (Lipinski definition) is 4. The highest BCUT2D eigenvalue weighted by molar-refractivity contribution is 6.34. The molecular weight excluding hydrogens is 1850 g/mol. The van der Waals surface area contributed by atoms with E-state index in [-0.39, 0.29) is 127 Å². The summed E-state index contributed by atoms with van der Waals surface area (Å²) in [5.41, 5.74) is 10.6. The highest BCUT2D eigenvalue weighted by Gasteiger charge is 2.42. The van der Waals surface area contributed by atoms with Gasteiger partial charge in [0.05, 0.1) is 162 Å². The number of piperidine rings is 4. The third-order valence-corrected chi connectivity index (χ3v) is 28.4. The topological polar surface area (TPSA) is 350 Å². The smallest absolute Gasteiger partial charge is 0.305 e. The van der Waals surface area contributed by atoms with Gasteiger partial charge in [-0.3, -0.25) is 39.2 Å². The SMILES string of the molecule is CCOc1cc(N2CCC(Oc3ccc(N4N=C(C)C(C)C4CC(=O)O)cc3)C(C)C2)c(Cl)cn1.CCOc1cc(N2CCC(Oc3ccc(N4N=C(C)C(C)C4CC(=O)O)cc3)C(C)C2)c(F)cn1.CCOc1cc(N2CCC(Oc3ccc(N4N=C(C)C(CC)C4CC(=O)O)cc3)C(C)C2)c(Cl)cn1.COc1cc(N2CCC(Oc3ccc(N4N=C(C)C(C)C4CC(=O)O)cc3)C(C)C2)c(Cl)cn1. The fraction of sp³-hybridized carbons (Fsp3) is 0.500. The maximum Gasteiger partial charge on any atom is 0.305 e. The predicted octanol–water partition coefficient (Wildman–Crippen LogP) is 19.9. The van der Waals surface area contributed by atoms with Crippen LogP contribution in [0.3, 0.4) is 0 Å². The highest BCUT2D eigenvalue weighted by Crippen LogP contribution is 2.43. The summed E-state index contributed by atoms with van der Waals surface area (Å²) in [6.45, 7) is 38.1. The van der Waals surface area contributed by atoms with E-state index in [0.29, 0.717) is 77.2 Å². The van der Waals surface area contributed by atoms with Crippen molar-refractivity contribution in [3.8, 4) is 46.5 Å². The van der Waals surface area contributed by atoms with Gasteiger partial charge in [-0.2, -0.15) is 20.4 Å².